The fourth-order valence-electron chi connectivity index (χ4n) is 0.864. The smallest absolute Gasteiger partial charge is 0.387 e. The average Bonchev–Trinajstić information content (AvgIpc) is 2.03. The predicted molar refractivity (Wildman–Crippen MR) is 42.2 cm³/mol. The Balaban J connectivity index is 2.94. The van der Waals surface area contributed by atoms with Crippen LogP contribution in [0.1, 0.15) is 5.56 Å². The van der Waals surface area contributed by atoms with E-state index < -0.39 is 6.61 Å². The number of alkyl halides is 2. The van der Waals surface area contributed by atoms with E-state index in [0.29, 0.717) is 0 Å². The molecule has 1 heterocycles. The molecule has 0 bridgehead atoms. The van der Waals surface area contributed by atoms with Gasteiger partial charge in [-0.3, -0.25) is 0 Å². The summed E-state index contributed by atoms with van der Waals surface area (Å²) in [5.74, 6) is 0.0170. The molecule has 0 aliphatic heterocycles. The summed E-state index contributed by atoms with van der Waals surface area (Å²) in [6, 6.07) is 1.44. The number of aryl methyl sites for hydroxylation is 1. The van der Waals surface area contributed by atoms with E-state index in [4.69, 9.17) is 4.74 Å². The van der Waals surface area contributed by atoms with Gasteiger partial charge in [0, 0.05) is 6.20 Å². The first kappa shape index (κ1) is 9.70. The van der Waals surface area contributed by atoms with Gasteiger partial charge in [-0.2, -0.15) is 8.78 Å². The molecule has 0 unspecified atom stereocenters. The van der Waals surface area contributed by atoms with Crippen molar-refractivity contribution in [2.45, 2.75) is 13.5 Å². The van der Waals surface area contributed by atoms with Crippen LogP contribution in [0.2, 0.25) is 0 Å². The zero-order chi connectivity index (χ0) is 9.84. The summed E-state index contributed by atoms with van der Waals surface area (Å²) >= 11 is 0. The second-order valence-electron chi connectivity index (χ2n) is 2.40. The summed E-state index contributed by atoms with van der Waals surface area (Å²) in [5, 5.41) is 0. The molecule has 0 saturated carbocycles. The van der Waals surface area contributed by atoms with Crippen LogP contribution in [0.4, 0.5) is 8.78 Å². The second kappa shape index (κ2) is 4.02. The Kier molecular flexibility index (Phi) is 3.00. The fourth-order valence-corrected chi connectivity index (χ4v) is 0.864. The lowest BCUT2D eigenvalue weighted by molar-refractivity contribution is -0.0516. The summed E-state index contributed by atoms with van der Waals surface area (Å²) in [6.07, 6.45) is 1.51. The second-order valence-corrected chi connectivity index (χ2v) is 2.40. The molecule has 3 nitrogen and oxygen atoms in total. The minimum Gasteiger partial charge on any atom is -0.478 e. The first-order chi connectivity index (χ1) is 6.13. The third-order valence-corrected chi connectivity index (χ3v) is 1.36. The molecule has 0 aromatic carbocycles. The SMILES string of the molecule is COc1ncc(C)cc1OC(F)F. The van der Waals surface area contributed by atoms with E-state index in [9.17, 15) is 8.78 Å². The van der Waals surface area contributed by atoms with Crippen LogP contribution in [-0.2, 0) is 0 Å². The molecule has 1 rings (SSSR count). The van der Waals surface area contributed by atoms with Gasteiger partial charge in [0.25, 0.3) is 5.88 Å². The highest BCUT2D eigenvalue weighted by atomic mass is 19.3. The lowest BCUT2D eigenvalue weighted by Crippen LogP contribution is -2.04. The summed E-state index contributed by atoms with van der Waals surface area (Å²) in [6.45, 7) is -1.14. The van der Waals surface area contributed by atoms with Gasteiger partial charge in [-0.1, -0.05) is 0 Å². The van der Waals surface area contributed by atoms with Crippen LogP contribution in [0.15, 0.2) is 12.3 Å². The van der Waals surface area contributed by atoms with Crippen LogP contribution < -0.4 is 9.47 Å². The molecule has 1 aromatic rings. The van der Waals surface area contributed by atoms with Gasteiger partial charge in [0.05, 0.1) is 7.11 Å². The highest BCUT2D eigenvalue weighted by molar-refractivity contribution is 5.35. The Morgan fingerprint density at radius 1 is 1.46 bits per heavy atom. The number of rotatable bonds is 3. The average molecular weight is 189 g/mol. The van der Waals surface area contributed by atoms with Crippen molar-refractivity contribution in [2.24, 2.45) is 0 Å². The van der Waals surface area contributed by atoms with E-state index >= 15 is 0 Å². The first-order valence-electron chi connectivity index (χ1n) is 3.59. The van der Waals surface area contributed by atoms with Crippen molar-refractivity contribution < 1.29 is 18.3 Å². The van der Waals surface area contributed by atoms with Gasteiger partial charge in [-0.05, 0) is 18.6 Å². The maximum Gasteiger partial charge on any atom is 0.387 e. The van der Waals surface area contributed by atoms with E-state index in [1.54, 1.807) is 6.92 Å². The zero-order valence-electron chi connectivity index (χ0n) is 7.25. The van der Waals surface area contributed by atoms with E-state index in [1.807, 2.05) is 0 Å². The van der Waals surface area contributed by atoms with Gasteiger partial charge < -0.3 is 9.47 Å². The molecule has 72 valence electrons. The number of aromatic nitrogens is 1. The van der Waals surface area contributed by atoms with Crippen LogP contribution in [0.3, 0.4) is 0 Å². The highest BCUT2D eigenvalue weighted by Crippen LogP contribution is 2.26. The topological polar surface area (TPSA) is 31.4 Å². The van der Waals surface area contributed by atoms with Gasteiger partial charge in [0.15, 0.2) is 5.75 Å². The highest BCUT2D eigenvalue weighted by Gasteiger charge is 2.11. The normalized spacial score (nSPS) is 10.2. The molecule has 0 aliphatic rings. The van der Waals surface area contributed by atoms with Crippen LogP contribution in [-0.4, -0.2) is 18.7 Å². The summed E-state index contributed by atoms with van der Waals surface area (Å²) in [5.41, 5.74) is 0.733. The van der Waals surface area contributed by atoms with Crippen molar-refractivity contribution in [2.75, 3.05) is 7.11 Å². The molecule has 0 N–H and O–H groups in total. The number of hydrogen-bond donors (Lipinski definition) is 0. The molecule has 0 aliphatic carbocycles. The Hall–Kier alpha value is -1.39. The monoisotopic (exact) mass is 189 g/mol. The number of nitrogens with zero attached hydrogens (tertiary/aromatic N) is 1. The molecule has 0 fully saturated rings. The lowest BCUT2D eigenvalue weighted by atomic mass is 10.3. The van der Waals surface area contributed by atoms with Crippen molar-refractivity contribution in [1.82, 2.24) is 4.98 Å². The minimum absolute atomic E-state index is 0.0440. The molecule has 0 radical (unpaired) electrons. The molecule has 0 spiro atoms. The number of ether oxygens (including phenoxy) is 2. The van der Waals surface area contributed by atoms with Crippen LogP contribution in [0, 0.1) is 6.92 Å². The van der Waals surface area contributed by atoms with Crippen molar-refractivity contribution in [3.63, 3.8) is 0 Å². The third-order valence-electron chi connectivity index (χ3n) is 1.36. The maximum atomic E-state index is 11.9. The van der Waals surface area contributed by atoms with Crippen LogP contribution in [0.5, 0.6) is 11.6 Å². The number of pyridine rings is 1. The van der Waals surface area contributed by atoms with Gasteiger partial charge in [0.2, 0.25) is 0 Å². The number of methoxy groups -OCH3 is 1. The lowest BCUT2D eigenvalue weighted by Gasteiger charge is -2.08. The predicted octanol–water partition coefficient (Wildman–Crippen LogP) is 2.00. The molecule has 0 amide bonds. The number of hydrogen-bond acceptors (Lipinski definition) is 3. The van der Waals surface area contributed by atoms with E-state index in [-0.39, 0.29) is 11.6 Å². The Morgan fingerprint density at radius 3 is 2.69 bits per heavy atom. The maximum absolute atomic E-state index is 11.9. The fraction of sp³-hybridized carbons (Fsp3) is 0.375. The number of halogens is 2. The zero-order valence-corrected chi connectivity index (χ0v) is 7.25. The van der Waals surface area contributed by atoms with Crippen molar-refractivity contribution >= 4 is 0 Å². The van der Waals surface area contributed by atoms with Crippen molar-refractivity contribution in [1.29, 1.82) is 0 Å². The van der Waals surface area contributed by atoms with Crippen LogP contribution in [0.25, 0.3) is 0 Å². The van der Waals surface area contributed by atoms with Crippen molar-refractivity contribution in [3.05, 3.63) is 17.8 Å². The Labute approximate surface area is 74.3 Å². The van der Waals surface area contributed by atoms with Gasteiger partial charge >= 0.3 is 6.61 Å². The van der Waals surface area contributed by atoms with E-state index in [0.717, 1.165) is 5.56 Å². The van der Waals surface area contributed by atoms with Crippen LogP contribution >= 0.6 is 0 Å². The standard InChI is InChI=1S/C8H9F2NO2/c1-5-3-6(13-8(9)10)7(12-2)11-4-5/h3-4,8H,1-2H3. The van der Waals surface area contributed by atoms with Gasteiger partial charge in [-0.25, -0.2) is 4.98 Å². The molecule has 1 aromatic heterocycles. The third kappa shape index (κ3) is 2.54. The van der Waals surface area contributed by atoms with E-state index in [1.165, 1.54) is 19.4 Å². The van der Waals surface area contributed by atoms with E-state index in [2.05, 4.69) is 9.72 Å². The summed E-state index contributed by atoms with van der Waals surface area (Å²) < 4.78 is 32.7. The first-order valence-corrected chi connectivity index (χ1v) is 3.59. The molecule has 0 saturated heterocycles. The largest absolute Gasteiger partial charge is 0.478 e. The summed E-state index contributed by atoms with van der Waals surface area (Å²) in [7, 11) is 1.34. The Bertz CT molecular complexity index is 291. The molecule has 13 heavy (non-hydrogen) atoms. The molecular formula is C8H9F2NO2. The minimum atomic E-state index is -2.86. The molecule has 0 atom stereocenters. The quantitative estimate of drug-likeness (QED) is 0.728. The molecule has 5 heteroatoms. The van der Waals surface area contributed by atoms with Gasteiger partial charge in [0.1, 0.15) is 0 Å². The molecular weight excluding hydrogens is 180 g/mol. The Morgan fingerprint density at radius 2 is 2.15 bits per heavy atom. The van der Waals surface area contributed by atoms with Crippen molar-refractivity contribution in [3.8, 4) is 11.6 Å². The van der Waals surface area contributed by atoms with Gasteiger partial charge in [-0.15, -0.1) is 0 Å². The summed E-state index contributed by atoms with van der Waals surface area (Å²) in [4.78, 5) is 3.77.